The van der Waals surface area contributed by atoms with E-state index in [1.54, 1.807) is 0 Å². The van der Waals surface area contributed by atoms with E-state index in [1.165, 1.54) is 19.4 Å². The summed E-state index contributed by atoms with van der Waals surface area (Å²) >= 11 is 0. The van der Waals surface area contributed by atoms with Crippen molar-refractivity contribution < 1.29 is 24.3 Å². The van der Waals surface area contributed by atoms with E-state index in [0.717, 1.165) is 6.07 Å². The number of rotatable bonds is 2. The molecule has 2 rings (SSSR count). The molecule has 94 valence electrons. The standard InChI is InChI=1S/C11H10N2O5/c1-17-11(16)6-2-5(8(14)3-9(6)15)7-4-13-18-10(7)12/h2-4,14-15H,12H2,1H3. The first kappa shape index (κ1) is 11.8. The maximum Gasteiger partial charge on any atom is 0.341 e. The molecule has 0 bridgehead atoms. The number of hydrogen-bond acceptors (Lipinski definition) is 7. The van der Waals surface area contributed by atoms with Crippen LogP contribution in [0.3, 0.4) is 0 Å². The zero-order valence-electron chi connectivity index (χ0n) is 9.38. The van der Waals surface area contributed by atoms with E-state index in [1.807, 2.05) is 0 Å². The fourth-order valence-electron chi connectivity index (χ4n) is 1.52. The molecule has 0 amide bonds. The Hall–Kier alpha value is -2.70. The number of nitrogen functional groups attached to an aromatic ring is 1. The number of methoxy groups -OCH3 is 1. The topological polar surface area (TPSA) is 119 Å². The van der Waals surface area contributed by atoms with Crippen LogP contribution in [0.5, 0.6) is 11.5 Å². The van der Waals surface area contributed by atoms with Crippen LogP contribution in [-0.4, -0.2) is 28.4 Å². The second kappa shape index (κ2) is 4.28. The fraction of sp³-hybridized carbons (Fsp3) is 0.0909. The van der Waals surface area contributed by atoms with Crippen LogP contribution in [0, 0.1) is 0 Å². The Bertz CT molecular complexity index is 605. The number of nitrogens with two attached hydrogens (primary N) is 1. The third-order valence-electron chi connectivity index (χ3n) is 2.41. The number of hydrogen-bond donors (Lipinski definition) is 3. The predicted molar refractivity (Wildman–Crippen MR) is 61.0 cm³/mol. The van der Waals surface area contributed by atoms with E-state index in [9.17, 15) is 15.0 Å². The lowest BCUT2D eigenvalue weighted by Crippen LogP contribution is -2.02. The zero-order chi connectivity index (χ0) is 13.3. The first-order valence-electron chi connectivity index (χ1n) is 4.89. The summed E-state index contributed by atoms with van der Waals surface area (Å²) in [4.78, 5) is 11.4. The number of benzene rings is 1. The van der Waals surface area contributed by atoms with Crippen molar-refractivity contribution in [2.45, 2.75) is 0 Å². The van der Waals surface area contributed by atoms with E-state index in [0.29, 0.717) is 5.56 Å². The number of aromatic hydroxyl groups is 2. The Labute approximate surface area is 101 Å². The second-order valence-electron chi connectivity index (χ2n) is 3.48. The molecule has 0 fully saturated rings. The number of phenols is 2. The number of anilines is 1. The van der Waals surface area contributed by atoms with E-state index in [2.05, 4.69) is 14.4 Å². The van der Waals surface area contributed by atoms with Crippen LogP contribution in [0.15, 0.2) is 22.9 Å². The number of aromatic nitrogens is 1. The van der Waals surface area contributed by atoms with Crippen molar-refractivity contribution in [2.75, 3.05) is 12.8 Å². The Morgan fingerprint density at radius 1 is 1.33 bits per heavy atom. The van der Waals surface area contributed by atoms with Crippen molar-refractivity contribution >= 4 is 11.9 Å². The van der Waals surface area contributed by atoms with Gasteiger partial charge in [-0.05, 0) is 6.07 Å². The van der Waals surface area contributed by atoms with E-state index >= 15 is 0 Å². The molecule has 18 heavy (non-hydrogen) atoms. The summed E-state index contributed by atoms with van der Waals surface area (Å²) in [5.74, 6) is -1.39. The summed E-state index contributed by atoms with van der Waals surface area (Å²) in [7, 11) is 1.18. The highest BCUT2D eigenvalue weighted by Gasteiger charge is 2.19. The van der Waals surface area contributed by atoms with Crippen LogP contribution in [0.4, 0.5) is 5.88 Å². The summed E-state index contributed by atoms with van der Waals surface area (Å²) < 4.78 is 9.18. The molecule has 0 atom stereocenters. The molecule has 0 saturated heterocycles. The zero-order valence-corrected chi connectivity index (χ0v) is 9.38. The van der Waals surface area contributed by atoms with Crippen LogP contribution in [0.2, 0.25) is 0 Å². The molecule has 0 aliphatic carbocycles. The highest BCUT2D eigenvalue weighted by Crippen LogP contribution is 2.37. The molecule has 0 radical (unpaired) electrons. The maximum absolute atomic E-state index is 11.4. The van der Waals surface area contributed by atoms with Gasteiger partial charge in [0.1, 0.15) is 17.1 Å². The van der Waals surface area contributed by atoms with Gasteiger partial charge in [0.15, 0.2) is 0 Å². The second-order valence-corrected chi connectivity index (χ2v) is 3.48. The van der Waals surface area contributed by atoms with Crippen molar-refractivity contribution in [1.82, 2.24) is 5.16 Å². The molecule has 7 nitrogen and oxygen atoms in total. The van der Waals surface area contributed by atoms with E-state index < -0.39 is 11.7 Å². The van der Waals surface area contributed by atoms with Gasteiger partial charge in [0, 0.05) is 11.6 Å². The summed E-state index contributed by atoms with van der Waals surface area (Å²) in [6.07, 6.45) is 1.29. The van der Waals surface area contributed by atoms with Crippen LogP contribution >= 0.6 is 0 Å². The Morgan fingerprint density at radius 2 is 2.06 bits per heavy atom. The highest BCUT2D eigenvalue weighted by atomic mass is 16.5. The minimum absolute atomic E-state index is 0.00759. The van der Waals surface area contributed by atoms with Gasteiger partial charge in [0.2, 0.25) is 5.88 Å². The molecule has 0 spiro atoms. The Morgan fingerprint density at radius 3 is 2.61 bits per heavy atom. The minimum Gasteiger partial charge on any atom is -0.507 e. The van der Waals surface area contributed by atoms with Crippen molar-refractivity contribution in [3.8, 4) is 22.6 Å². The molecule has 4 N–H and O–H groups in total. The normalized spacial score (nSPS) is 10.3. The van der Waals surface area contributed by atoms with Gasteiger partial charge in [-0.2, -0.15) is 0 Å². The summed E-state index contributed by atoms with van der Waals surface area (Å²) in [6.45, 7) is 0. The van der Waals surface area contributed by atoms with Crippen LogP contribution in [-0.2, 0) is 4.74 Å². The molecule has 0 saturated carbocycles. The number of phenolic OH excluding ortho intramolecular Hbond substituents is 2. The molecule has 0 aliphatic heterocycles. The lowest BCUT2D eigenvalue weighted by atomic mass is 10.0. The maximum atomic E-state index is 11.4. The SMILES string of the molecule is COC(=O)c1cc(-c2cnoc2N)c(O)cc1O. The number of carbonyl (C=O) groups excluding carboxylic acids is 1. The van der Waals surface area contributed by atoms with E-state index in [-0.39, 0.29) is 22.8 Å². The van der Waals surface area contributed by atoms with Gasteiger partial charge >= 0.3 is 5.97 Å². The molecule has 1 aromatic carbocycles. The smallest absolute Gasteiger partial charge is 0.341 e. The highest BCUT2D eigenvalue weighted by molar-refractivity contribution is 5.95. The van der Waals surface area contributed by atoms with Gasteiger partial charge in [-0.25, -0.2) is 4.79 Å². The lowest BCUT2D eigenvalue weighted by Gasteiger charge is -2.07. The molecule has 2 aromatic rings. The van der Waals surface area contributed by atoms with Gasteiger partial charge in [-0.15, -0.1) is 0 Å². The monoisotopic (exact) mass is 250 g/mol. The number of nitrogens with zero attached hydrogens (tertiary/aromatic N) is 1. The molecular formula is C11H10N2O5. The van der Waals surface area contributed by atoms with Crippen molar-refractivity contribution in [2.24, 2.45) is 0 Å². The summed E-state index contributed by atoms with van der Waals surface area (Å²) in [5.41, 5.74) is 5.96. The number of ether oxygens (including phenoxy) is 1. The number of carbonyl (C=O) groups is 1. The molecule has 1 heterocycles. The van der Waals surface area contributed by atoms with Crippen LogP contribution in [0.1, 0.15) is 10.4 Å². The van der Waals surface area contributed by atoms with Gasteiger partial charge in [0.25, 0.3) is 0 Å². The Kier molecular flexibility index (Phi) is 2.80. The van der Waals surface area contributed by atoms with Crippen molar-refractivity contribution in [3.05, 3.63) is 23.9 Å². The molecular weight excluding hydrogens is 240 g/mol. The summed E-state index contributed by atoms with van der Waals surface area (Å²) in [5, 5.41) is 22.7. The fourth-order valence-corrected chi connectivity index (χ4v) is 1.52. The molecule has 1 aromatic heterocycles. The largest absolute Gasteiger partial charge is 0.507 e. The first-order chi connectivity index (χ1) is 8.54. The van der Waals surface area contributed by atoms with Crippen LogP contribution < -0.4 is 5.73 Å². The van der Waals surface area contributed by atoms with E-state index in [4.69, 9.17) is 5.73 Å². The summed E-state index contributed by atoms with van der Waals surface area (Å²) in [6, 6.07) is 2.27. The van der Waals surface area contributed by atoms with Crippen molar-refractivity contribution in [1.29, 1.82) is 0 Å². The van der Waals surface area contributed by atoms with Gasteiger partial charge < -0.3 is 25.2 Å². The van der Waals surface area contributed by atoms with Gasteiger partial charge in [-0.1, -0.05) is 5.16 Å². The van der Waals surface area contributed by atoms with Gasteiger partial charge in [-0.3, -0.25) is 0 Å². The lowest BCUT2D eigenvalue weighted by molar-refractivity contribution is 0.0597. The molecule has 7 heteroatoms. The average Bonchev–Trinajstić information content (AvgIpc) is 2.75. The van der Waals surface area contributed by atoms with Crippen LogP contribution in [0.25, 0.3) is 11.1 Å². The molecule has 0 unspecified atom stereocenters. The average molecular weight is 250 g/mol. The predicted octanol–water partition coefficient (Wildman–Crippen LogP) is 1.12. The third-order valence-corrected chi connectivity index (χ3v) is 2.41. The van der Waals surface area contributed by atoms with Crippen molar-refractivity contribution in [3.63, 3.8) is 0 Å². The minimum atomic E-state index is -0.733. The van der Waals surface area contributed by atoms with Gasteiger partial charge in [0.05, 0.1) is 18.9 Å². The Balaban J connectivity index is 2.62. The first-order valence-corrected chi connectivity index (χ1v) is 4.89. The number of esters is 1. The quantitative estimate of drug-likeness (QED) is 0.683. The third kappa shape index (κ3) is 1.81. The molecule has 0 aliphatic rings.